The Morgan fingerprint density at radius 3 is 2.63 bits per heavy atom. The number of nitrogens with zero attached hydrogens (tertiary/aromatic N) is 4. The van der Waals surface area contributed by atoms with Crippen LogP contribution in [0.3, 0.4) is 0 Å². The standard InChI is InChI=1S/C11H14N4O4/c1-4-19-7(16)5-15-6-12-8-9(15)13(2)11(18)14(3)10(8)17/h6H,4-5H2,1-3H3. The van der Waals surface area contributed by atoms with Crippen LogP contribution in [-0.4, -0.2) is 31.3 Å². The second-order valence-electron chi connectivity index (χ2n) is 4.06. The normalized spacial score (nSPS) is 10.9. The predicted molar refractivity (Wildman–Crippen MR) is 66.8 cm³/mol. The van der Waals surface area contributed by atoms with Crippen LogP contribution in [0.4, 0.5) is 0 Å². The molecule has 0 amide bonds. The number of aryl methyl sites for hydroxylation is 1. The first-order valence-corrected chi connectivity index (χ1v) is 5.73. The third kappa shape index (κ3) is 2.05. The minimum Gasteiger partial charge on any atom is -0.465 e. The monoisotopic (exact) mass is 266 g/mol. The van der Waals surface area contributed by atoms with Crippen molar-refractivity contribution >= 4 is 17.1 Å². The molecule has 0 bridgehead atoms. The lowest BCUT2D eigenvalue weighted by Gasteiger charge is -2.08. The molecule has 0 fully saturated rings. The smallest absolute Gasteiger partial charge is 0.332 e. The van der Waals surface area contributed by atoms with Crippen LogP contribution in [0, 0.1) is 0 Å². The van der Waals surface area contributed by atoms with Crippen LogP contribution < -0.4 is 11.2 Å². The first-order chi connectivity index (χ1) is 8.97. The number of rotatable bonds is 3. The molecule has 0 atom stereocenters. The minimum atomic E-state index is -0.485. The fourth-order valence-electron chi connectivity index (χ4n) is 1.90. The number of ether oxygens (including phenoxy) is 1. The second-order valence-corrected chi connectivity index (χ2v) is 4.06. The Balaban J connectivity index is 2.64. The number of imidazole rings is 1. The first-order valence-electron chi connectivity index (χ1n) is 5.73. The van der Waals surface area contributed by atoms with E-state index in [2.05, 4.69) is 4.98 Å². The number of fused-ring (bicyclic) bond motifs is 1. The minimum absolute atomic E-state index is 0.0925. The lowest BCUT2D eigenvalue weighted by Crippen LogP contribution is -2.37. The average Bonchev–Trinajstić information content (AvgIpc) is 2.78. The SMILES string of the molecule is CCOC(=O)Cn1cnc2c(=O)n(C)c(=O)n(C)c21. The topological polar surface area (TPSA) is 88.1 Å². The van der Waals surface area contributed by atoms with E-state index in [-0.39, 0.29) is 18.7 Å². The van der Waals surface area contributed by atoms with E-state index < -0.39 is 17.2 Å². The van der Waals surface area contributed by atoms with Crippen LogP contribution in [0.1, 0.15) is 6.92 Å². The Morgan fingerprint density at radius 1 is 1.32 bits per heavy atom. The van der Waals surface area contributed by atoms with Crippen molar-refractivity contribution in [3.05, 3.63) is 27.2 Å². The van der Waals surface area contributed by atoms with E-state index in [4.69, 9.17) is 4.74 Å². The summed E-state index contributed by atoms with van der Waals surface area (Å²) < 4.78 is 8.51. The zero-order chi connectivity index (χ0) is 14.2. The molecule has 0 aromatic carbocycles. The van der Waals surface area contributed by atoms with E-state index in [9.17, 15) is 14.4 Å². The van der Waals surface area contributed by atoms with E-state index in [1.165, 1.54) is 29.6 Å². The molecular weight excluding hydrogens is 252 g/mol. The molecule has 8 heteroatoms. The van der Waals surface area contributed by atoms with Crippen molar-refractivity contribution in [3.8, 4) is 0 Å². The molecule has 0 aliphatic rings. The van der Waals surface area contributed by atoms with Gasteiger partial charge in [-0.25, -0.2) is 9.78 Å². The van der Waals surface area contributed by atoms with Gasteiger partial charge in [-0.15, -0.1) is 0 Å². The maximum atomic E-state index is 11.9. The molecule has 0 N–H and O–H groups in total. The fourth-order valence-corrected chi connectivity index (χ4v) is 1.90. The molecule has 0 radical (unpaired) electrons. The van der Waals surface area contributed by atoms with Crippen LogP contribution >= 0.6 is 0 Å². The summed E-state index contributed by atoms with van der Waals surface area (Å²) in [7, 11) is 2.90. The van der Waals surface area contributed by atoms with Crippen molar-refractivity contribution in [2.75, 3.05) is 6.61 Å². The Morgan fingerprint density at radius 2 is 2.00 bits per heavy atom. The zero-order valence-corrected chi connectivity index (χ0v) is 10.9. The molecule has 19 heavy (non-hydrogen) atoms. The van der Waals surface area contributed by atoms with Crippen LogP contribution in [0.15, 0.2) is 15.9 Å². The fraction of sp³-hybridized carbons (Fsp3) is 0.455. The maximum absolute atomic E-state index is 11.9. The summed E-state index contributed by atoms with van der Waals surface area (Å²) in [5, 5.41) is 0. The highest BCUT2D eigenvalue weighted by Crippen LogP contribution is 2.05. The van der Waals surface area contributed by atoms with Gasteiger partial charge < -0.3 is 9.30 Å². The second kappa shape index (κ2) is 4.71. The highest BCUT2D eigenvalue weighted by Gasteiger charge is 2.15. The Hall–Kier alpha value is -2.38. The van der Waals surface area contributed by atoms with Gasteiger partial charge in [-0.3, -0.25) is 18.7 Å². The highest BCUT2D eigenvalue weighted by atomic mass is 16.5. The molecule has 0 aliphatic heterocycles. The number of carbonyl (C=O) groups excluding carboxylic acids is 1. The van der Waals surface area contributed by atoms with Gasteiger partial charge in [0, 0.05) is 14.1 Å². The number of carbonyl (C=O) groups is 1. The number of esters is 1. The van der Waals surface area contributed by atoms with Gasteiger partial charge in [0.05, 0.1) is 12.9 Å². The molecule has 0 spiro atoms. The molecule has 0 saturated carbocycles. The molecule has 2 heterocycles. The molecule has 102 valence electrons. The number of hydrogen-bond acceptors (Lipinski definition) is 5. The van der Waals surface area contributed by atoms with Crippen LogP contribution in [0.25, 0.3) is 11.2 Å². The van der Waals surface area contributed by atoms with E-state index in [0.717, 1.165) is 4.57 Å². The van der Waals surface area contributed by atoms with Crippen LogP contribution in [0.5, 0.6) is 0 Å². The Kier molecular flexibility index (Phi) is 3.24. The Bertz CT molecular complexity index is 752. The van der Waals surface area contributed by atoms with E-state index in [1.54, 1.807) is 6.92 Å². The molecular formula is C11H14N4O4. The van der Waals surface area contributed by atoms with Gasteiger partial charge in [-0.2, -0.15) is 0 Å². The van der Waals surface area contributed by atoms with Gasteiger partial charge in [0.2, 0.25) is 0 Å². The van der Waals surface area contributed by atoms with Gasteiger partial charge >= 0.3 is 11.7 Å². The van der Waals surface area contributed by atoms with Gasteiger partial charge in [-0.05, 0) is 6.92 Å². The van der Waals surface area contributed by atoms with E-state index in [0.29, 0.717) is 5.65 Å². The zero-order valence-electron chi connectivity index (χ0n) is 10.9. The molecule has 0 unspecified atom stereocenters. The summed E-state index contributed by atoms with van der Waals surface area (Å²) in [4.78, 5) is 39.1. The molecule has 8 nitrogen and oxygen atoms in total. The highest BCUT2D eigenvalue weighted by molar-refractivity contribution is 5.74. The van der Waals surface area contributed by atoms with E-state index >= 15 is 0 Å². The third-order valence-corrected chi connectivity index (χ3v) is 2.81. The number of aromatic nitrogens is 4. The Labute approximate surface area is 107 Å². The lowest BCUT2D eigenvalue weighted by molar-refractivity contribution is -0.143. The molecule has 2 aromatic heterocycles. The van der Waals surface area contributed by atoms with Crippen molar-refractivity contribution in [2.24, 2.45) is 14.1 Å². The first kappa shape index (κ1) is 13.1. The summed E-state index contributed by atoms with van der Waals surface area (Å²) in [5.74, 6) is -0.449. The van der Waals surface area contributed by atoms with Gasteiger partial charge in [-0.1, -0.05) is 0 Å². The summed E-state index contributed by atoms with van der Waals surface area (Å²) in [6, 6.07) is 0. The lowest BCUT2D eigenvalue weighted by atomic mass is 10.5. The number of hydrogen-bond donors (Lipinski definition) is 0. The van der Waals surface area contributed by atoms with Gasteiger partial charge in [0.1, 0.15) is 12.2 Å². The summed E-state index contributed by atoms with van der Waals surface area (Å²) in [5.41, 5.74) is -0.501. The maximum Gasteiger partial charge on any atom is 0.332 e. The summed E-state index contributed by atoms with van der Waals surface area (Å²) in [6.45, 7) is 1.88. The largest absolute Gasteiger partial charge is 0.465 e. The predicted octanol–water partition coefficient (Wildman–Crippen LogP) is -1.00. The average molecular weight is 266 g/mol. The van der Waals surface area contributed by atoms with Crippen LogP contribution in [0.2, 0.25) is 0 Å². The van der Waals surface area contributed by atoms with Crippen molar-refractivity contribution in [3.63, 3.8) is 0 Å². The van der Waals surface area contributed by atoms with E-state index in [1.807, 2.05) is 0 Å². The third-order valence-electron chi connectivity index (χ3n) is 2.81. The van der Waals surface area contributed by atoms with Crippen molar-refractivity contribution in [1.82, 2.24) is 18.7 Å². The molecule has 2 rings (SSSR count). The summed E-state index contributed by atoms with van der Waals surface area (Å²) in [6.07, 6.45) is 1.35. The molecule has 0 aliphatic carbocycles. The van der Waals surface area contributed by atoms with Gasteiger partial charge in [0.25, 0.3) is 5.56 Å². The van der Waals surface area contributed by atoms with Crippen molar-refractivity contribution in [2.45, 2.75) is 13.5 Å². The summed E-state index contributed by atoms with van der Waals surface area (Å²) >= 11 is 0. The molecule has 0 saturated heterocycles. The van der Waals surface area contributed by atoms with Gasteiger partial charge in [0.15, 0.2) is 5.52 Å². The van der Waals surface area contributed by atoms with Crippen molar-refractivity contribution in [1.29, 1.82) is 0 Å². The quantitative estimate of drug-likeness (QED) is 0.665. The van der Waals surface area contributed by atoms with Crippen LogP contribution in [-0.2, 0) is 30.2 Å². The molecule has 2 aromatic rings. The van der Waals surface area contributed by atoms with Crippen molar-refractivity contribution < 1.29 is 9.53 Å².